The average molecular weight is 194 g/mol. The predicted molar refractivity (Wildman–Crippen MR) is 51.7 cm³/mol. The van der Waals surface area contributed by atoms with Gasteiger partial charge in [0.05, 0.1) is 11.5 Å². The van der Waals surface area contributed by atoms with Gasteiger partial charge in [-0.25, -0.2) is 0 Å². The Labute approximate surface area is 80.9 Å². The van der Waals surface area contributed by atoms with E-state index < -0.39 is 4.92 Å². The predicted octanol–water partition coefficient (Wildman–Crippen LogP) is 1.30. The summed E-state index contributed by atoms with van der Waals surface area (Å²) in [4.78, 5) is 13.8. The lowest BCUT2D eigenvalue weighted by molar-refractivity contribution is -0.385. The van der Waals surface area contributed by atoms with Crippen molar-refractivity contribution in [1.29, 1.82) is 0 Å². The topological polar surface area (TPSA) is 76.3 Å². The van der Waals surface area contributed by atoms with E-state index in [1.54, 1.807) is 13.0 Å². The molecule has 5 nitrogen and oxygen atoms in total. The number of nitro groups is 1. The Morgan fingerprint density at radius 1 is 1.71 bits per heavy atom. The van der Waals surface area contributed by atoms with Crippen molar-refractivity contribution in [3.63, 3.8) is 0 Å². The van der Waals surface area contributed by atoms with E-state index in [-0.39, 0.29) is 12.3 Å². The smallest absolute Gasteiger partial charge is 0.288 e. The first-order valence-electron chi connectivity index (χ1n) is 4.03. The molecule has 0 unspecified atom stereocenters. The van der Waals surface area contributed by atoms with Crippen LogP contribution in [-0.2, 0) is 0 Å². The number of hydrogen-bond donors (Lipinski definition) is 1. The van der Waals surface area contributed by atoms with Gasteiger partial charge in [-0.3, -0.25) is 15.1 Å². The van der Waals surface area contributed by atoms with Gasteiger partial charge in [-0.1, -0.05) is 12.2 Å². The quantitative estimate of drug-likeness (QED) is 0.581. The van der Waals surface area contributed by atoms with Crippen LogP contribution < -0.4 is 0 Å². The van der Waals surface area contributed by atoms with E-state index in [4.69, 9.17) is 5.11 Å². The molecule has 1 aromatic heterocycles. The van der Waals surface area contributed by atoms with Crippen molar-refractivity contribution in [2.45, 2.75) is 6.92 Å². The Morgan fingerprint density at radius 2 is 2.43 bits per heavy atom. The van der Waals surface area contributed by atoms with Gasteiger partial charge in [-0.15, -0.1) is 0 Å². The SMILES string of the molecule is Cc1ncc([N+](=O)[O-])cc1C=CCO. The first kappa shape index (κ1) is 10.3. The molecule has 1 rings (SSSR count). The van der Waals surface area contributed by atoms with Crippen LogP contribution >= 0.6 is 0 Å². The number of pyridine rings is 1. The highest BCUT2D eigenvalue weighted by Gasteiger charge is 2.07. The summed E-state index contributed by atoms with van der Waals surface area (Å²) in [7, 11) is 0. The lowest BCUT2D eigenvalue weighted by Crippen LogP contribution is -1.93. The molecular formula is C9H10N2O3. The number of aryl methyl sites for hydroxylation is 1. The largest absolute Gasteiger partial charge is 0.392 e. The van der Waals surface area contributed by atoms with Crippen LogP contribution in [-0.4, -0.2) is 21.6 Å². The van der Waals surface area contributed by atoms with Crippen LogP contribution in [0.25, 0.3) is 6.08 Å². The van der Waals surface area contributed by atoms with Crippen LogP contribution in [0.1, 0.15) is 11.3 Å². The van der Waals surface area contributed by atoms with Crippen LogP contribution in [0.4, 0.5) is 5.69 Å². The minimum atomic E-state index is -0.497. The minimum absolute atomic E-state index is 0.0480. The van der Waals surface area contributed by atoms with E-state index in [1.165, 1.54) is 18.3 Å². The van der Waals surface area contributed by atoms with Crippen molar-refractivity contribution in [3.05, 3.63) is 39.7 Å². The highest BCUT2D eigenvalue weighted by molar-refractivity contribution is 5.54. The van der Waals surface area contributed by atoms with Crippen molar-refractivity contribution in [2.24, 2.45) is 0 Å². The summed E-state index contributed by atoms with van der Waals surface area (Å²) in [6.45, 7) is 1.66. The Balaban J connectivity index is 3.08. The number of hydrogen-bond acceptors (Lipinski definition) is 4. The van der Waals surface area contributed by atoms with Crippen LogP contribution in [0.3, 0.4) is 0 Å². The van der Waals surface area contributed by atoms with Crippen molar-refractivity contribution >= 4 is 11.8 Å². The molecule has 0 radical (unpaired) electrons. The monoisotopic (exact) mass is 194 g/mol. The van der Waals surface area contributed by atoms with E-state index in [9.17, 15) is 10.1 Å². The summed E-state index contributed by atoms with van der Waals surface area (Å²) in [5, 5.41) is 19.0. The normalized spacial score (nSPS) is 10.7. The summed E-state index contributed by atoms with van der Waals surface area (Å²) < 4.78 is 0. The first-order chi connectivity index (χ1) is 6.65. The molecule has 0 atom stereocenters. The number of rotatable bonds is 3. The highest BCUT2D eigenvalue weighted by atomic mass is 16.6. The number of aromatic nitrogens is 1. The molecule has 1 N–H and O–H groups in total. The van der Waals surface area contributed by atoms with Gasteiger partial charge >= 0.3 is 0 Å². The summed E-state index contributed by atoms with van der Waals surface area (Å²) in [6.07, 6.45) is 4.33. The Kier molecular flexibility index (Phi) is 3.30. The third kappa shape index (κ3) is 2.37. The van der Waals surface area contributed by atoms with Gasteiger partial charge in [0.15, 0.2) is 0 Å². The van der Waals surface area contributed by atoms with Crippen molar-refractivity contribution < 1.29 is 10.0 Å². The minimum Gasteiger partial charge on any atom is -0.392 e. The summed E-state index contributed by atoms with van der Waals surface area (Å²) >= 11 is 0. The third-order valence-electron chi connectivity index (χ3n) is 1.73. The molecule has 0 saturated heterocycles. The Bertz CT molecular complexity index is 374. The zero-order valence-electron chi connectivity index (χ0n) is 7.67. The molecule has 0 saturated carbocycles. The molecule has 0 fully saturated rings. The molecule has 14 heavy (non-hydrogen) atoms. The van der Waals surface area contributed by atoms with Crippen molar-refractivity contribution in [1.82, 2.24) is 4.98 Å². The molecule has 74 valence electrons. The standard InChI is InChI=1S/C9H10N2O3/c1-7-8(3-2-4-12)5-9(6-10-7)11(13)14/h2-3,5-6,12H,4H2,1H3. The summed E-state index contributed by atoms with van der Waals surface area (Å²) in [5.41, 5.74) is 1.29. The van der Waals surface area contributed by atoms with Gasteiger partial charge < -0.3 is 5.11 Å². The Hall–Kier alpha value is -1.75. The molecule has 5 heteroatoms. The number of nitrogens with zero attached hydrogens (tertiary/aromatic N) is 2. The Morgan fingerprint density at radius 3 is 3.00 bits per heavy atom. The molecule has 0 amide bonds. The zero-order chi connectivity index (χ0) is 10.6. The maximum absolute atomic E-state index is 10.4. The van der Waals surface area contributed by atoms with E-state index in [1.807, 2.05) is 0 Å². The lowest BCUT2D eigenvalue weighted by atomic mass is 10.2. The van der Waals surface area contributed by atoms with E-state index in [2.05, 4.69) is 4.98 Å². The fraction of sp³-hybridized carbons (Fsp3) is 0.222. The summed E-state index contributed by atoms with van der Waals surface area (Å²) in [6, 6.07) is 1.43. The molecule has 0 aromatic carbocycles. The van der Waals surface area contributed by atoms with Gasteiger partial charge in [0.1, 0.15) is 6.20 Å². The van der Waals surface area contributed by atoms with Crippen LogP contribution in [0.2, 0.25) is 0 Å². The average Bonchev–Trinajstić information content (AvgIpc) is 2.16. The molecule has 1 heterocycles. The third-order valence-corrected chi connectivity index (χ3v) is 1.73. The van der Waals surface area contributed by atoms with Crippen molar-refractivity contribution in [2.75, 3.05) is 6.61 Å². The fourth-order valence-corrected chi connectivity index (χ4v) is 0.987. The number of aliphatic hydroxyl groups excluding tert-OH is 1. The molecule has 0 bridgehead atoms. The van der Waals surface area contributed by atoms with Crippen LogP contribution in [0.5, 0.6) is 0 Å². The van der Waals surface area contributed by atoms with E-state index in [0.717, 1.165) is 0 Å². The van der Waals surface area contributed by atoms with E-state index in [0.29, 0.717) is 11.3 Å². The number of aliphatic hydroxyl groups is 1. The molecular weight excluding hydrogens is 184 g/mol. The maximum atomic E-state index is 10.4. The van der Waals surface area contributed by atoms with E-state index >= 15 is 0 Å². The van der Waals surface area contributed by atoms with Crippen LogP contribution in [0.15, 0.2) is 18.3 Å². The molecule has 0 aliphatic carbocycles. The van der Waals surface area contributed by atoms with Gasteiger partial charge in [0.2, 0.25) is 0 Å². The summed E-state index contributed by atoms with van der Waals surface area (Å²) in [5.74, 6) is 0. The second kappa shape index (κ2) is 4.48. The van der Waals surface area contributed by atoms with Gasteiger partial charge in [0.25, 0.3) is 5.69 Å². The van der Waals surface area contributed by atoms with Crippen LogP contribution in [0, 0.1) is 17.0 Å². The maximum Gasteiger partial charge on any atom is 0.288 e. The second-order valence-corrected chi connectivity index (χ2v) is 2.71. The van der Waals surface area contributed by atoms with Gasteiger partial charge in [-0.2, -0.15) is 0 Å². The second-order valence-electron chi connectivity index (χ2n) is 2.71. The molecule has 1 aromatic rings. The zero-order valence-corrected chi connectivity index (χ0v) is 7.67. The van der Waals surface area contributed by atoms with Crippen molar-refractivity contribution in [3.8, 4) is 0 Å². The first-order valence-corrected chi connectivity index (χ1v) is 4.03. The fourth-order valence-electron chi connectivity index (χ4n) is 0.987. The lowest BCUT2D eigenvalue weighted by Gasteiger charge is -1.98. The molecule has 0 aliphatic heterocycles. The van der Waals surface area contributed by atoms with Gasteiger partial charge in [-0.05, 0) is 6.92 Å². The van der Waals surface area contributed by atoms with Gasteiger partial charge in [0, 0.05) is 17.3 Å². The molecule has 0 spiro atoms. The molecule has 0 aliphatic rings. The highest BCUT2D eigenvalue weighted by Crippen LogP contribution is 2.15.